The minimum Gasteiger partial charge on any atom is -0.496 e. The summed E-state index contributed by atoms with van der Waals surface area (Å²) in [5.74, 6) is 0.973. The zero-order valence-electron chi connectivity index (χ0n) is 11.3. The van der Waals surface area contributed by atoms with Gasteiger partial charge in [0, 0.05) is 17.6 Å². The molecule has 1 aliphatic rings. The molecule has 0 bridgehead atoms. The number of para-hydroxylation sites is 1. The lowest BCUT2D eigenvalue weighted by Gasteiger charge is -2.26. The molecule has 94 valence electrons. The van der Waals surface area contributed by atoms with Crippen molar-refractivity contribution < 1.29 is 4.74 Å². The maximum Gasteiger partial charge on any atom is 0.123 e. The Hall–Kier alpha value is -1.02. The Morgan fingerprint density at radius 1 is 1.24 bits per heavy atom. The third kappa shape index (κ3) is 2.63. The van der Waals surface area contributed by atoms with Crippen LogP contribution in [0.25, 0.3) is 0 Å². The summed E-state index contributed by atoms with van der Waals surface area (Å²) in [5.41, 5.74) is 1.75. The highest BCUT2D eigenvalue weighted by atomic mass is 16.5. The van der Waals surface area contributed by atoms with Crippen molar-refractivity contribution in [2.45, 2.75) is 45.7 Å². The van der Waals surface area contributed by atoms with E-state index < -0.39 is 0 Å². The van der Waals surface area contributed by atoms with Crippen LogP contribution in [0.2, 0.25) is 0 Å². The lowest BCUT2D eigenvalue weighted by molar-refractivity contribution is 0.341. The normalized spacial score (nSPS) is 20.7. The topological polar surface area (TPSA) is 21.3 Å². The van der Waals surface area contributed by atoms with E-state index in [0.29, 0.717) is 17.5 Å². The Morgan fingerprint density at radius 3 is 2.47 bits per heavy atom. The Labute approximate surface area is 104 Å². The predicted molar refractivity (Wildman–Crippen MR) is 71.3 cm³/mol. The van der Waals surface area contributed by atoms with Crippen LogP contribution in [-0.4, -0.2) is 13.2 Å². The van der Waals surface area contributed by atoms with Crippen LogP contribution in [-0.2, 0) is 0 Å². The Bertz CT molecular complexity index is 384. The van der Waals surface area contributed by atoms with Crippen molar-refractivity contribution in [3.05, 3.63) is 29.8 Å². The summed E-state index contributed by atoms with van der Waals surface area (Å²) in [4.78, 5) is 0. The molecule has 0 aromatic heterocycles. The van der Waals surface area contributed by atoms with E-state index in [-0.39, 0.29) is 0 Å². The first-order chi connectivity index (χ1) is 8.07. The number of nitrogens with one attached hydrogen (secondary N) is 1. The highest BCUT2D eigenvalue weighted by molar-refractivity contribution is 5.35. The van der Waals surface area contributed by atoms with Crippen LogP contribution in [0.15, 0.2) is 24.3 Å². The average Bonchev–Trinajstić information content (AvgIpc) is 3.08. The standard InChI is InChI=1S/C15H23NO/c1-11(16-12(2)15(3)9-10-15)13-7-5-6-8-14(13)17-4/h5-8,11-12,16H,9-10H2,1-4H3. The second-order valence-corrected chi connectivity index (χ2v) is 5.51. The van der Waals surface area contributed by atoms with Crippen LogP contribution in [0.5, 0.6) is 5.75 Å². The molecule has 1 N–H and O–H groups in total. The van der Waals surface area contributed by atoms with Crippen LogP contribution in [0.4, 0.5) is 0 Å². The van der Waals surface area contributed by atoms with Crippen LogP contribution in [0.1, 0.15) is 45.2 Å². The van der Waals surface area contributed by atoms with Crippen molar-refractivity contribution in [1.82, 2.24) is 5.32 Å². The summed E-state index contributed by atoms with van der Waals surface area (Å²) in [7, 11) is 1.73. The molecule has 0 amide bonds. The summed E-state index contributed by atoms with van der Waals surface area (Å²) in [6, 6.07) is 9.14. The Kier molecular flexibility index (Phi) is 3.43. The van der Waals surface area contributed by atoms with Gasteiger partial charge in [-0.1, -0.05) is 25.1 Å². The van der Waals surface area contributed by atoms with E-state index in [0.717, 1.165) is 5.75 Å². The van der Waals surface area contributed by atoms with E-state index in [1.807, 2.05) is 12.1 Å². The SMILES string of the molecule is COc1ccccc1C(C)NC(C)C1(C)CC1. The van der Waals surface area contributed by atoms with Gasteiger partial charge in [-0.2, -0.15) is 0 Å². The van der Waals surface area contributed by atoms with Gasteiger partial charge in [-0.05, 0) is 38.2 Å². The molecule has 1 fully saturated rings. The van der Waals surface area contributed by atoms with Crippen molar-refractivity contribution in [2.75, 3.05) is 7.11 Å². The monoisotopic (exact) mass is 233 g/mol. The summed E-state index contributed by atoms with van der Waals surface area (Å²) in [5, 5.41) is 3.69. The molecule has 2 rings (SSSR count). The van der Waals surface area contributed by atoms with Gasteiger partial charge in [0.05, 0.1) is 7.11 Å². The second kappa shape index (κ2) is 4.69. The fourth-order valence-electron chi connectivity index (χ4n) is 2.32. The number of hydrogen-bond donors (Lipinski definition) is 1. The molecular weight excluding hydrogens is 210 g/mol. The fraction of sp³-hybridized carbons (Fsp3) is 0.600. The molecule has 0 radical (unpaired) electrons. The molecule has 17 heavy (non-hydrogen) atoms. The Balaban J connectivity index is 2.06. The summed E-state index contributed by atoms with van der Waals surface area (Å²) in [6.07, 6.45) is 2.69. The van der Waals surface area contributed by atoms with Crippen LogP contribution in [0, 0.1) is 5.41 Å². The second-order valence-electron chi connectivity index (χ2n) is 5.51. The van der Waals surface area contributed by atoms with Gasteiger partial charge in [0.15, 0.2) is 0 Å². The van der Waals surface area contributed by atoms with Crippen LogP contribution >= 0.6 is 0 Å². The number of hydrogen-bond acceptors (Lipinski definition) is 2. The third-order valence-electron chi connectivity index (χ3n) is 4.19. The zero-order valence-corrected chi connectivity index (χ0v) is 11.3. The zero-order chi connectivity index (χ0) is 12.5. The molecule has 1 saturated carbocycles. The van der Waals surface area contributed by atoms with Crippen LogP contribution in [0.3, 0.4) is 0 Å². The smallest absolute Gasteiger partial charge is 0.123 e. The maximum atomic E-state index is 5.41. The summed E-state index contributed by atoms with van der Waals surface area (Å²) >= 11 is 0. The Morgan fingerprint density at radius 2 is 1.88 bits per heavy atom. The molecule has 0 heterocycles. The largest absolute Gasteiger partial charge is 0.496 e. The first-order valence-electron chi connectivity index (χ1n) is 6.46. The van der Waals surface area contributed by atoms with Crippen LogP contribution < -0.4 is 10.1 Å². The highest BCUT2D eigenvalue weighted by Gasteiger charge is 2.42. The van der Waals surface area contributed by atoms with E-state index in [1.54, 1.807) is 7.11 Å². The molecule has 0 saturated heterocycles. The van der Waals surface area contributed by atoms with Crippen molar-refractivity contribution in [3.63, 3.8) is 0 Å². The minimum absolute atomic E-state index is 0.332. The van der Waals surface area contributed by atoms with Gasteiger partial charge in [0.2, 0.25) is 0 Å². The average molecular weight is 233 g/mol. The van der Waals surface area contributed by atoms with E-state index in [4.69, 9.17) is 4.74 Å². The molecular formula is C15H23NO. The van der Waals surface area contributed by atoms with Crippen molar-refractivity contribution >= 4 is 0 Å². The van der Waals surface area contributed by atoms with Gasteiger partial charge in [-0.3, -0.25) is 0 Å². The van der Waals surface area contributed by atoms with Gasteiger partial charge in [0.1, 0.15) is 5.75 Å². The summed E-state index contributed by atoms with van der Waals surface area (Å²) in [6.45, 7) is 6.86. The fourth-order valence-corrected chi connectivity index (χ4v) is 2.32. The molecule has 2 heteroatoms. The first-order valence-corrected chi connectivity index (χ1v) is 6.46. The van der Waals surface area contributed by atoms with Gasteiger partial charge < -0.3 is 10.1 Å². The van der Waals surface area contributed by atoms with E-state index in [9.17, 15) is 0 Å². The molecule has 1 aromatic carbocycles. The van der Waals surface area contributed by atoms with Gasteiger partial charge in [-0.15, -0.1) is 0 Å². The van der Waals surface area contributed by atoms with Crippen molar-refractivity contribution in [3.8, 4) is 5.75 Å². The molecule has 0 aliphatic heterocycles. The number of rotatable bonds is 5. The highest BCUT2D eigenvalue weighted by Crippen LogP contribution is 2.48. The van der Waals surface area contributed by atoms with Gasteiger partial charge in [-0.25, -0.2) is 0 Å². The van der Waals surface area contributed by atoms with Gasteiger partial charge >= 0.3 is 0 Å². The first kappa shape index (κ1) is 12.4. The quantitative estimate of drug-likeness (QED) is 0.840. The molecule has 2 unspecified atom stereocenters. The molecule has 1 aromatic rings. The van der Waals surface area contributed by atoms with E-state index >= 15 is 0 Å². The van der Waals surface area contributed by atoms with Gasteiger partial charge in [0.25, 0.3) is 0 Å². The lowest BCUT2D eigenvalue weighted by Crippen LogP contribution is -2.35. The molecule has 2 atom stereocenters. The molecule has 1 aliphatic carbocycles. The minimum atomic E-state index is 0.332. The van der Waals surface area contributed by atoms with E-state index in [1.165, 1.54) is 18.4 Å². The number of benzene rings is 1. The van der Waals surface area contributed by atoms with E-state index in [2.05, 4.69) is 38.2 Å². The number of methoxy groups -OCH3 is 1. The predicted octanol–water partition coefficient (Wildman–Crippen LogP) is 3.53. The maximum absolute atomic E-state index is 5.41. The number of ether oxygens (including phenoxy) is 1. The summed E-state index contributed by atoms with van der Waals surface area (Å²) < 4.78 is 5.41. The third-order valence-corrected chi connectivity index (χ3v) is 4.19. The molecule has 0 spiro atoms. The molecule has 2 nitrogen and oxygen atoms in total. The van der Waals surface area contributed by atoms with Crippen molar-refractivity contribution in [2.24, 2.45) is 5.41 Å². The lowest BCUT2D eigenvalue weighted by atomic mass is 9.98. The van der Waals surface area contributed by atoms with Crippen molar-refractivity contribution in [1.29, 1.82) is 0 Å².